The molecule has 16 nitrogen and oxygen atoms in total. The molecule has 0 spiro atoms. The second kappa shape index (κ2) is 11.0. The number of aromatic nitrogens is 6. The molecule has 0 atom stereocenters. The van der Waals surface area contributed by atoms with Gasteiger partial charge in [-0.2, -0.15) is 29.9 Å². The lowest BCUT2D eigenvalue weighted by molar-refractivity contribution is 0.403. The fraction of sp³-hybridized carbons (Fsp3) is 0.182. The number of phenolic OH excluding ortho intramolecular Hbond substituents is 4. The topological polar surface area (TPSA) is 264 Å². The quantitative estimate of drug-likeness (QED) is 0.100. The standard InChI is InChI=1S/C22H26N12O4/c23-17-27-18(24)31-22(30-17)34(8-6-12-2-4-14(36)16(38)10-12)33-21-29-19(25)28-20(32-21)26-7-5-11-1-3-13(35)15(37)9-11/h1-4,9-10,35-38H,5-8H2,(H4,23,24,27,30,31)(H4,25,26,28,29,32,33). The van der Waals surface area contributed by atoms with Crippen molar-refractivity contribution < 1.29 is 20.4 Å². The van der Waals surface area contributed by atoms with E-state index in [0.29, 0.717) is 24.9 Å². The van der Waals surface area contributed by atoms with Crippen LogP contribution >= 0.6 is 0 Å². The second-order valence-corrected chi connectivity index (χ2v) is 8.03. The predicted octanol–water partition coefficient (Wildman–Crippen LogP) is 0.356. The Bertz CT molecular complexity index is 1420. The van der Waals surface area contributed by atoms with Crippen LogP contribution in [0, 0.1) is 0 Å². The van der Waals surface area contributed by atoms with Crippen LogP contribution < -0.4 is 33.0 Å². The van der Waals surface area contributed by atoms with Crippen molar-refractivity contribution >= 4 is 35.7 Å². The Hall–Kier alpha value is -5.54. The van der Waals surface area contributed by atoms with Gasteiger partial charge in [0.1, 0.15) is 0 Å². The van der Waals surface area contributed by atoms with Gasteiger partial charge in [0.25, 0.3) is 5.95 Å². The van der Waals surface area contributed by atoms with Crippen molar-refractivity contribution in [3.8, 4) is 23.0 Å². The third-order valence-electron chi connectivity index (χ3n) is 5.19. The molecule has 4 aromatic rings. The van der Waals surface area contributed by atoms with Gasteiger partial charge in [-0.25, -0.2) is 0 Å². The van der Waals surface area contributed by atoms with E-state index in [4.69, 9.17) is 17.2 Å². The van der Waals surface area contributed by atoms with Crippen LogP contribution in [0.3, 0.4) is 0 Å². The molecule has 0 aliphatic heterocycles. The van der Waals surface area contributed by atoms with E-state index in [1.807, 2.05) is 0 Å². The molecule has 0 radical (unpaired) electrons. The summed E-state index contributed by atoms with van der Waals surface area (Å²) in [5, 5.41) is 43.0. The summed E-state index contributed by atoms with van der Waals surface area (Å²) in [7, 11) is 0. The summed E-state index contributed by atoms with van der Waals surface area (Å²) in [5.74, 6) is -0.822. The molecule has 0 aliphatic carbocycles. The largest absolute Gasteiger partial charge is 0.504 e. The minimum atomic E-state index is -0.251. The number of hydrogen-bond donors (Lipinski definition) is 9. The maximum atomic E-state index is 9.80. The smallest absolute Gasteiger partial charge is 0.251 e. The van der Waals surface area contributed by atoms with Gasteiger partial charge in [0.15, 0.2) is 23.0 Å². The van der Waals surface area contributed by atoms with Gasteiger partial charge in [-0.1, -0.05) is 12.1 Å². The number of anilines is 6. The maximum Gasteiger partial charge on any atom is 0.251 e. The first-order valence-electron chi connectivity index (χ1n) is 11.2. The molecule has 0 unspecified atom stereocenters. The van der Waals surface area contributed by atoms with Gasteiger partial charge >= 0.3 is 0 Å². The number of nitrogen functional groups attached to an aromatic ring is 3. The van der Waals surface area contributed by atoms with Crippen molar-refractivity contribution in [1.29, 1.82) is 0 Å². The molecule has 0 bridgehead atoms. The van der Waals surface area contributed by atoms with Crippen LogP contribution in [0.5, 0.6) is 23.0 Å². The number of aromatic hydroxyl groups is 4. The molecule has 4 rings (SSSR count). The van der Waals surface area contributed by atoms with E-state index < -0.39 is 0 Å². The second-order valence-electron chi connectivity index (χ2n) is 8.03. The van der Waals surface area contributed by atoms with E-state index in [-0.39, 0.29) is 65.2 Å². The third-order valence-corrected chi connectivity index (χ3v) is 5.19. The monoisotopic (exact) mass is 522 g/mol. The van der Waals surface area contributed by atoms with Gasteiger partial charge in [0.05, 0.1) is 0 Å². The summed E-state index contributed by atoms with van der Waals surface area (Å²) in [6.45, 7) is 0.619. The highest BCUT2D eigenvalue weighted by atomic mass is 16.3. The van der Waals surface area contributed by atoms with Gasteiger partial charge in [-0.3, -0.25) is 10.4 Å². The lowest BCUT2D eigenvalue weighted by Gasteiger charge is -2.23. The zero-order chi connectivity index (χ0) is 27.2. The van der Waals surface area contributed by atoms with Crippen LogP contribution in [0.4, 0.5) is 35.7 Å². The molecule has 16 heteroatoms. The zero-order valence-electron chi connectivity index (χ0n) is 19.9. The first kappa shape index (κ1) is 25.5. The molecular formula is C22H26N12O4. The van der Waals surface area contributed by atoms with Crippen molar-refractivity contribution in [3.05, 3.63) is 47.5 Å². The molecular weight excluding hydrogens is 496 g/mol. The van der Waals surface area contributed by atoms with Crippen molar-refractivity contribution in [3.63, 3.8) is 0 Å². The minimum Gasteiger partial charge on any atom is -0.504 e. The molecule has 12 N–H and O–H groups in total. The van der Waals surface area contributed by atoms with Crippen LogP contribution in [0.15, 0.2) is 36.4 Å². The van der Waals surface area contributed by atoms with Gasteiger partial charge in [0, 0.05) is 13.1 Å². The summed E-state index contributed by atoms with van der Waals surface area (Å²) in [6, 6.07) is 9.02. The number of hydrogen-bond acceptors (Lipinski definition) is 16. The van der Waals surface area contributed by atoms with E-state index in [2.05, 4.69) is 40.6 Å². The molecule has 198 valence electrons. The Morgan fingerprint density at radius 3 is 1.79 bits per heavy atom. The average Bonchev–Trinajstić information content (AvgIpc) is 2.85. The molecule has 2 aromatic heterocycles. The van der Waals surface area contributed by atoms with Crippen LogP contribution in [-0.4, -0.2) is 63.4 Å². The number of hydrazine groups is 1. The maximum absolute atomic E-state index is 9.80. The van der Waals surface area contributed by atoms with Gasteiger partial charge in [-0.15, -0.1) is 0 Å². The fourth-order valence-electron chi connectivity index (χ4n) is 3.37. The Morgan fingerprint density at radius 2 is 1.18 bits per heavy atom. The summed E-state index contributed by atoms with van der Waals surface area (Å²) in [5.41, 5.74) is 21.8. The van der Waals surface area contributed by atoms with Crippen LogP contribution in [0.25, 0.3) is 0 Å². The fourth-order valence-corrected chi connectivity index (χ4v) is 3.37. The summed E-state index contributed by atoms with van der Waals surface area (Å²) in [6.07, 6.45) is 0.870. The lowest BCUT2D eigenvalue weighted by Crippen LogP contribution is -2.35. The first-order chi connectivity index (χ1) is 18.2. The zero-order valence-corrected chi connectivity index (χ0v) is 19.9. The van der Waals surface area contributed by atoms with Crippen LogP contribution in [0.2, 0.25) is 0 Å². The molecule has 2 aromatic carbocycles. The number of nitrogens with zero attached hydrogens (tertiary/aromatic N) is 7. The molecule has 38 heavy (non-hydrogen) atoms. The molecule has 0 saturated heterocycles. The Kier molecular flexibility index (Phi) is 7.41. The van der Waals surface area contributed by atoms with Crippen molar-refractivity contribution in [2.45, 2.75) is 12.8 Å². The highest BCUT2D eigenvalue weighted by Crippen LogP contribution is 2.26. The Balaban J connectivity index is 1.50. The van der Waals surface area contributed by atoms with Crippen molar-refractivity contribution in [1.82, 2.24) is 29.9 Å². The molecule has 0 aliphatic rings. The van der Waals surface area contributed by atoms with Crippen LogP contribution in [-0.2, 0) is 12.8 Å². The highest BCUT2D eigenvalue weighted by Gasteiger charge is 2.16. The summed E-state index contributed by atoms with van der Waals surface area (Å²) >= 11 is 0. The molecule has 0 saturated carbocycles. The molecule has 0 fully saturated rings. The SMILES string of the molecule is Nc1nc(NCCc2ccc(O)c(O)c2)nc(NN(CCc2ccc(O)c(O)c2)c2nc(N)nc(N)n2)n1. The number of benzene rings is 2. The van der Waals surface area contributed by atoms with Crippen LogP contribution in [0.1, 0.15) is 11.1 Å². The first-order valence-corrected chi connectivity index (χ1v) is 11.2. The number of nitrogens with one attached hydrogen (secondary N) is 2. The Morgan fingerprint density at radius 1 is 0.632 bits per heavy atom. The Labute approximate surface area is 215 Å². The average molecular weight is 523 g/mol. The minimum absolute atomic E-state index is 0.0633. The lowest BCUT2D eigenvalue weighted by atomic mass is 10.1. The summed E-state index contributed by atoms with van der Waals surface area (Å²) < 4.78 is 0. The van der Waals surface area contributed by atoms with Gasteiger partial charge in [-0.05, 0) is 48.2 Å². The number of nitrogens with two attached hydrogens (primary N) is 3. The normalized spacial score (nSPS) is 10.7. The number of rotatable bonds is 10. The van der Waals surface area contributed by atoms with Crippen molar-refractivity contribution in [2.75, 3.05) is 46.0 Å². The van der Waals surface area contributed by atoms with Gasteiger partial charge in [0.2, 0.25) is 29.7 Å². The van der Waals surface area contributed by atoms with E-state index in [0.717, 1.165) is 5.56 Å². The molecule has 2 heterocycles. The highest BCUT2D eigenvalue weighted by molar-refractivity contribution is 5.49. The molecule has 0 amide bonds. The van der Waals surface area contributed by atoms with Crippen molar-refractivity contribution in [2.24, 2.45) is 0 Å². The predicted molar refractivity (Wildman–Crippen MR) is 139 cm³/mol. The van der Waals surface area contributed by atoms with E-state index in [9.17, 15) is 20.4 Å². The van der Waals surface area contributed by atoms with Gasteiger partial charge < -0.3 is 42.9 Å². The third kappa shape index (κ3) is 6.56. The summed E-state index contributed by atoms with van der Waals surface area (Å²) in [4.78, 5) is 24.5. The van der Waals surface area contributed by atoms with E-state index in [1.165, 1.54) is 29.3 Å². The van der Waals surface area contributed by atoms with E-state index >= 15 is 0 Å². The van der Waals surface area contributed by atoms with E-state index in [1.54, 1.807) is 12.1 Å². The number of phenols is 4.